The van der Waals surface area contributed by atoms with E-state index in [1.165, 1.54) is 24.8 Å². The third kappa shape index (κ3) is 3.55. The molecule has 0 amide bonds. The quantitative estimate of drug-likeness (QED) is 0.831. The van der Waals surface area contributed by atoms with E-state index in [-0.39, 0.29) is 11.5 Å². The molecule has 0 bridgehead atoms. The van der Waals surface area contributed by atoms with Crippen molar-refractivity contribution in [2.45, 2.75) is 63.9 Å². The molecule has 0 N–H and O–H groups in total. The normalized spacial score (nSPS) is 24.9. The predicted octanol–water partition coefficient (Wildman–Crippen LogP) is 4.24. The van der Waals surface area contributed by atoms with Crippen LogP contribution >= 0.6 is 0 Å². The Morgan fingerprint density at radius 1 is 1.19 bits per heavy atom. The SMILES string of the molecule is Cc1ccc(CC(=O)C2CCOC3(CCCCC3)C2)cc1. The van der Waals surface area contributed by atoms with Crippen molar-refractivity contribution in [3.8, 4) is 0 Å². The fourth-order valence-corrected chi connectivity index (χ4v) is 3.90. The summed E-state index contributed by atoms with van der Waals surface area (Å²) in [6.07, 6.45) is 8.61. The predicted molar refractivity (Wildman–Crippen MR) is 84.4 cm³/mol. The summed E-state index contributed by atoms with van der Waals surface area (Å²) in [7, 11) is 0. The van der Waals surface area contributed by atoms with Crippen molar-refractivity contribution < 1.29 is 9.53 Å². The van der Waals surface area contributed by atoms with Gasteiger partial charge in [0.25, 0.3) is 0 Å². The highest BCUT2D eigenvalue weighted by atomic mass is 16.5. The van der Waals surface area contributed by atoms with Gasteiger partial charge in [-0.2, -0.15) is 0 Å². The molecule has 114 valence electrons. The number of rotatable bonds is 3. The first kappa shape index (κ1) is 14.8. The topological polar surface area (TPSA) is 26.3 Å². The Hall–Kier alpha value is -1.15. The van der Waals surface area contributed by atoms with Gasteiger partial charge >= 0.3 is 0 Å². The lowest BCUT2D eigenvalue weighted by molar-refractivity contribution is -0.142. The molecule has 0 aromatic heterocycles. The molecule has 1 saturated heterocycles. The van der Waals surface area contributed by atoms with E-state index >= 15 is 0 Å². The van der Waals surface area contributed by atoms with E-state index < -0.39 is 0 Å². The Morgan fingerprint density at radius 3 is 2.62 bits per heavy atom. The van der Waals surface area contributed by atoms with E-state index in [4.69, 9.17) is 4.74 Å². The summed E-state index contributed by atoms with van der Waals surface area (Å²) in [5, 5.41) is 0. The third-order valence-corrected chi connectivity index (χ3v) is 5.21. The van der Waals surface area contributed by atoms with Gasteiger partial charge < -0.3 is 4.74 Å². The second-order valence-electron chi connectivity index (χ2n) is 6.91. The minimum atomic E-state index is 0.0318. The van der Waals surface area contributed by atoms with Crippen LogP contribution in [0.3, 0.4) is 0 Å². The zero-order chi connectivity index (χ0) is 14.7. The van der Waals surface area contributed by atoms with Crippen LogP contribution in [0.25, 0.3) is 0 Å². The van der Waals surface area contributed by atoms with Crippen molar-refractivity contribution in [1.82, 2.24) is 0 Å². The molecule has 1 saturated carbocycles. The minimum absolute atomic E-state index is 0.0318. The first-order chi connectivity index (χ1) is 10.2. The molecule has 1 aromatic carbocycles. The fourth-order valence-electron chi connectivity index (χ4n) is 3.90. The standard InChI is InChI=1S/C19H26O2/c1-15-5-7-16(8-6-15)13-18(20)17-9-12-21-19(14-17)10-3-2-4-11-19/h5-8,17H,2-4,9-14H2,1H3. The molecule has 1 aliphatic heterocycles. The smallest absolute Gasteiger partial charge is 0.140 e. The van der Waals surface area contributed by atoms with Gasteiger partial charge in [0.2, 0.25) is 0 Å². The highest BCUT2D eigenvalue weighted by Crippen LogP contribution is 2.41. The van der Waals surface area contributed by atoms with Gasteiger partial charge in [-0.15, -0.1) is 0 Å². The zero-order valence-electron chi connectivity index (χ0n) is 13.1. The number of hydrogen-bond donors (Lipinski definition) is 0. The lowest BCUT2D eigenvalue weighted by Gasteiger charge is -2.43. The summed E-state index contributed by atoms with van der Waals surface area (Å²) in [6.45, 7) is 2.85. The van der Waals surface area contributed by atoms with E-state index in [1.807, 2.05) is 0 Å². The first-order valence-corrected chi connectivity index (χ1v) is 8.39. The van der Waals surface area contributed by atoms with E-state index in [9.17, 15) is 4.79 Å². The number of carbonyl (C=O) groups is 1. The van der Waals surface area contributed by atoms with Gasteiger partial charge in [-0.1, -0.05) is 49.1 Å². The molecule has 0 radical (unpaired) electrons. The molecule has 1 aromatic rings. The Morgan fingerprint density at radius 2 is 1.90 bits per heavy atom. The van der Waals surface area contributed by atoms with Crippen molar-refractivity contribution in [2.75, 3.05) is 6.61 Å². The summed E-state index contributed by atoms with van der Waals surface area (Å²) in [5.41, 5.74) is 2.43. The van der Waals surface area contributed by atoms with Crippen LogP contribution in [-0.2, 0) is 16.0 Å². The van der Waals surface area contributed by atoms with Crippen LogP contribution in [0.2, 0.25) is 0 Å². The molecule has 2 nitrogen and oxygen atoms in total. The van der Waals surface area contributed by atoms with Crippen LogP contribution in [0, 0.1) is 12.8 Å². The molecule has 2 fully saturated rings. The number of aryl methyl sites for hydroxylation is 1. The van der Waals surface area contributed by atoms with Crippen molar-refractivity contribution in [1.29, 1.82) is 0 Å². The number of carbonyl (C=O) groups excluding carboxylic acids is 1. The highest BCUT2D eigenvalue weighted by Gasteiger charge is 2.40. The molecule has 2 heteroatoms. The van der Waals surface area contributed by atoms with Crippen LogP contribution in [0.1, 0.15) is 56.1 Å². The average molecular weight is 286 g/mol. The van der Waals surface area contributed by atoms with Crippen molar-refractivity contribution in [2.24, 2.45) is 5.92 Å². The second-order valence-corrected chi connectivity index (χ2v) is 6.91. The third-order valence-electron chi connectivity index (χ3n) is 5.21. The number of ether oxygens (including phenoxy) is 1. The molecular weight excluding hydrogens is 260 g/mol. The Kier molecular flexibility index (Phi) is 4.44. The highest BCUT2D eigenvalue weighted by molar-refractivity contribution is 5.83. The van der Waals surface area contributed by atoms with Crippen LogP contribution < -0.4 is 0 Å². The zero-order valence-corrected chi connectivity index (χ0v) is 13.1. The van der Waals surface area contributed by atoms with Crippen molar-refractivity contribution in [3.63, 3.8) is 0 Å². The lowest BCUT2D eigenvalue weighted by atomic mass is 9.74. The van der Waals surface area contributed by atoms with E-state index in [0.717, 1.165) is 37.9 Å². The van der Waals surface area contributed by atoms with Gasteiger partial charge in [0.15, 0.2) is 0 Å². The molecule has 1 unspecified atom stereocenters. The van der Waals surface area contributed by atoms with E-state index in [1.54, 1.807) is 0 Å². The van der Waals surface area contributed by atoms with E-state index in [0.29, 0.717) is 12.2 Å². The van der Waals surface area contributed by atoms with Gasteiger partial charge in [-0.25, -0.2) is 0 Å². The van der Waals surface area contributed by atoms with Gasteiger partial charge in [0, 0.05) is 18.9 Å². The number of Topliss-reactive ketones (excluding diaryl/α,β-unsaturated/α-hetero) is 1. The Bertz CT molecular complexity index is 477. The monoisotopic (exact) mass is 286 g/mol. The van der Waals surface area contributed by atoms with Gasteiger partial charge in [-0.05, 0) is 38.2 Å². The lowest BCUT2D eigenvalue weighted by Crippen LogP contribution is -2.43. The van der Waals surface area contributed by atoms with Gasteiger partial charge in [0.05, 0.1) is 5.60 Å². The van der Waals surface area contributed by atoms with Gasteiger partial charge in [-0.3, -0.25) is 4.79 Å². The Balaban J connectivity index is 1.62. The summed E-state index contributed by atoms with van der Waals surface area (Å²) >= 11 is 0. The second kappa shape index (κ2) is 6.31. The number of benzene rings is 1. The maximum absolute atomic E-state index is 12.6. The number of hydrogen-bond acceptors (Lipinski definition) is 2. The minimum Gasteiger partial charge on any atom is -0.375 e. The molecule has 1 atom stereocenters. The molecule has 1 heterocycles. The maximum atomic E-state index is 12.6. The molecule has 3 rings (SSSR count). The van der Waals surface area contributed by atoms with Gasteiger partial charge in [0.1, 0.15) is 5.78 Å². The van der Waals surface area contributed by atoms with Crippen LogP contribution in [0.5, 0.6) is 0 Å². The Labute approximate surface area is 127 Å². The average Bonchev–Trinajstić information content (AvgIpc) is 2.50. The summed E-state index contributed by atoms with van der Waals surface area (Å²) in [4.78, 5) is 12.6. The molecule has 1 spiro atoms. The van der Waals surface area contributed by atoms with Crippen LogP contribution in [0.15, 0.2) is 24.3 Å². The molecule has 21 heavy (non-hydrogen) atoms. The van der Waals surface area contributed by atoms with Crippen LogP contribution in [-0.4, -0.2) is 18.0 Å². The van der Waals surface area contributed by atoms with Crippen molar-refractivity contribution in [3.05, 3.63) is 35.4 Å². The maximum Gasteiger partial charge on any atom is 0.140 e. The molecule has 1 aliphatic carbocycles. The summed E-state index contributed by atoms with van der Waals surface area (Å²) in [5.74, 6) is 0.616. The summed E-state index contributed by atoms with van der Waals surface area (Å²) < 4.78 is 6.10. The first-order valence-electron chi connectivity index (χ1n) is 8.39. The summed E-state index contributed by atoms with van der Waals surface area (Å²) in [6, 6.07) is 8.36. The number of ketones is 1. The fraction of sp³-hybridized carbons (Fsp3) is 0.632. The molecule has 2 aliphatic rings. The largest absolute Gasteiger partial charge is 0.375 e. The van der Waals surface area contributed by atoms with E-state index in [2.05, 4.69) is 31.2 Å². The van der Waals surface area contributed by atoms with Crippen molar-refractivity contribution >= 4 is 5.78 Å². The van der Waals surface area contributed by atoms with Crippen LogP contribution in [0.4, 0.5) is 0 Å². The molecular formula is C19H26O2.